The fourth-order valence-electron chi connectivity index (χ4n) is 1.41. The SMILES string of the molecule is CCCC(C)c1nnc(SCC(=O)O)n1N. The summed E-state index contributed by atoms with van der Waals surface area (Å²) in [5.74, 6) is 5.79. The van der Waals surface area contributed by atoms with Gasteiger partial charge in [-0.3, -0.25) is 4.79 Å². The minimum Gasteiger partial charge on any atom is -0.481 e. The lowest BCUT2D eigenvalue weighted by atomic mass is 10.1. The van der Waals surface area contributed by atoms with E-state index in [9.17, 15) is 4.79 Å². The van der Waals surface area contributed by atoms with E-state index < -0.39 is 5.97 Å². The number of hydrogen-bond acceptors (Lipinski definition) is 5. The smallest absolute Gasteiger partial charge is 0.313 e. The predicted molar refractivity (Wildman–Crippen MR) is 61.9 cm³/mol. The van der Waals surface area contributed by atoms with Gasteiger partial charge in [0.1, 0.15) is 0 Å². The molecule has 0 saturated carbocycles. The molecule has 0 bridgehead atoms. The third-order valence-corrected chi connectivity index (χ3v) is 3.11. The molecule has 0 saturated heterocycles. The van der Waals surface area contributed by atoms with Gasteiger partial charge in [-0.15, -0.1) is 10.2 Å². The van der Waals surface area contributed by atoms with E-state index in [1.54, 1.807) is 0 Å². The van der Waals surface area contributed by atoms with Crippen molar-refractivity contribution in [2.24, 2.45) is 0 Å². The highest BCUT2D eigenvalue weighted by Crippen LogP contribution is 2.21. The van der Waals surface area contributed by atoms with Crippen molar-refractivity contribution in [3.8, 4) is 0 Å². The van der Waals surface area contributed by atoms with Crippen molar-refractivity contribution in [1.29, 1.82) is 0 Å². The second-order valence-electron chi connectivity index (χ2n) is 3.58. The summed E-state index contributed by atoms with van der Waals surface area (Å²) in [6.45, 7) is 4.12. The lowest BCUT2D eigenvalue weighted by molar-refractivity contribution is -0.133. The van der Waals surface area contributed by atoms with E-state index in [0.29, 0.717) is 11.0 Å². The molecule has 6 nitrogen and oxygen atoms in total. The molecule has 7 heteroatoms. The molecule has 1 rings (SSSR count). The Balaban J connectivity index is 2.71. The number of thioether (sulfide) groups is 1. The summed E-state index contributed by atoms with van der Waals surface area (Å²) in [5.41, 5.74) is 0. The first-order valence-corrected chi connectivity index (χ1v) is 6.09. The second-order valence-corrected chi connectivity index (χ2v) is 4.53. The first kappa shape index (κ1) is 12.8. The summed E-state index contributed by atoms with van der Waals surface area (Å²) >= 11 is 1.08. The lowest BCUT2D eigenvalue weighted by Gasteiger charge is -2.08. The molecule has 0 amide bonds. The van der Waals surface area contributed by atoms with Gasteiger partial charge in [-0.2, -0.15) is 0 Å². The summed E-state index contributed by atoms with van der Waals surface area (Å²) in [5, 5.41) is 16.9. The van der Waals surface area contributed by atoms with Crippen LogP contribution in [-0.2, 0) is 4.79 Å². The van der Waals surface area contributed by atoms with Crippen LogP contribution >= 0.6 is 11.8 Å². The Morgan fingerprint density at radius 2 is 2.31 bits per heavy atom. The van der Waals surface area contributed by atoms with Gasteiger partial charge < -0.3 is 10.9 Å². The topological polar surface area (TPSA) is 94.0 Å². The highest BCUT2D eigenvalue weighted by molar-refractivity contribution is 7.99. The molecule has 1 atom stereocenters. The van der Waals surface area contributed by atoms with E-state index >= 15 is 0 Å². The van der Waals surface area contributed by atoms with Crippen molar-refractivity contribution in [3.63, 3.8) is 0 Å². The van der Waals surface area contributed by atoms with Crippen molar-refractivity contribution < 1.29 is 9.90 Å². The first-order valence-electron chi connectivity index (χ1n) is 5.11. The van der Waals surface area contributed by atoms with Crippen molar-refractivity contribution in [2.75, 3.05) is 11.6 Å². The molecule has 0 aliphatic carbocycles. The van der Waals surface area contributed by atoms with Gasteiger partial charge in [0.2, 0.25) is 5.16 Å². The van der Waals surface area contributed by atoms with E-state index in [2.05, 4.69) is 17.1 Å². The van der Waals surface area contributed by atoms with Crippen molar-refractivity contribution in [2.45, 2.75) is 37.8 Å². The van der Waals surface area contributed by atoms with E-state index in [1.165, 1.54) is 4.68 Å². The normalized spacial score (nSPS) is 12.6. The molecule has 16 heavy (non-hydrogen) atoms. The van der Waals surface area contributed by atoms with Crippen molar-refractivity contribution in [3.05, 3.63) is 5.82 Å². The number of nitrogens with zero attached hydrogens (tertiary/aromatic N) is 3. The van der Waals surface area contributed by atoms with Gasteiger partial charge in [0, 0.05) is 5.92 Å². The number of rotatable bonds is 6. The minimum absolute atomic E-state index is 0.0580. The van der Waals surface area contributed by atoms with E-state index in [1.807, 2.05) is 6.92 Å². The number of aliphatic carboxylic acids is 1. The Morgan fingerprint density at radius 3 is 2.88 bits per heavy atom. The Hall–Kier alpha value is -1.24. The second kappa shape index (κ2) is 5.74. The van der Waals surface area contributed by atoms with Crippen LogP contribution in [0.3, 0.4) is 0 Å². The van der Waals surface area contributed by atoms with Gasteiger partial charge in [-0.25, -0.2) is 4.68 Å². The van der Waals surface area contributed by atoms with Gasteiger partial charge in [0.05, 0.1) is 5.75 Å². The highest BCUT2D eigenvalue weighted by Gasteiger charge is 2.16. The average Bonchev–Trinajstić information content (AvgIpc) is 2.57. The third kappa shape index (κ3) is 3.13. The van der Waals surface area contributed by atoms with Gasteiger partial charge in [0.15, 0.2) is 5.82 Å². The quantitative estimate of drug-likeness (QED) is 0.574. The zero-order chi connectivity index (χ0) is 12.1. The van der Waals surface area contributed by atoms with Gasteiger partial charge in [-0.05, 0) is 6.42 Å². The maximum Gasteiger partial charge on any atom is 0.313 e. The average molecular weight is 244 g/mol. The molecule has 3 N–H and O–H groups in total. The number of hydrogen-bond donors (Lipinski definition) is 2. The van der Waals surface area contributed by atoms with Crippen LogP contribution in [0, 0.1) is 0 Å². The molecule has 1 unspecified atom stereocenters. The van der Waals surface area contributed by atoms with Crippen LogP contribution < -0.4 is 5.84 Å². The Kier molecular flexibility index (Phi) is 4.60. The predicted octanol–water partition coefficient (Wildman–Crippen LogP) is 1.07. The van der Waals surface area contributed by atoms with E-state index in [4.69, 9.17) is 10.9 Å². The molecule has 1 aromatic heterocycles. The van der Waals surface area contributed by atoms with Crippen LogP contribution in [0.5, 0.6) is 0 Å². The zero-order valence-corrected chi connectivity index (χ0v) is 10.2. The van der Waals surface area contributed by atoms with E-state index in [-0.39, 0.29) is 11.7 Å². The fraction of sp³-hybridized carbons (Fsp3) is 0.667. The number of carboxylic acid groups (broad SMARTS) is 1. The van der Waals surface area contributed by atoms with Gasteiger partial charge in [-0.1, -0.05) is 32.0 Å². The molecule has 1 aromatic rings. The Labute approximate surface area is 98.2 Å². The van der Waals surface area contributed by atoms with Crippen LogP contribution in [0.25, 0.3) is 0 Å². The van der Waals surface area contributed by atoms with Gasteiger partial charge >= 0.3 is 5.97 Å². The third-order valence-electron chi connectivity index (χ3n) is 2.18. The van der Waals surface area contributed by atoms with Crippen LogP contribution in [0.15, 0.2) is 5.16 Å². The summed E-state index contributed by atoms with van der Waals surface area (Å²) in [6, 6.07) is 0. The lowest BCUT2D eigenvalue weighted by Crippen LogP contribution is -2.16. The van der Waals surface area contributed by atoms with E-state index in [0.717, 1.165) is 24.6 Å². The van der Waals surface area contributed by atoms with Crippen LogP contribution in [0.2, 0.25) is 0 Å². The molecule has 0 aliphatic heterocycles. The van der Waals surface area contributed by atoms with Crippen LogP contribution in [0.4, 0.5) is 0 Å². The van der Waals surface area contributed by atoms with Crippen molar-refractivity contribution in [1.82, 2.24) is 14.9 Å². The molecule has 0 radical (unpaired) electrons. The maximum absolute atomic E-state index is 10.4. The summed E-state index contributed by atoms with van der Waals surface area (Å²) in [7, 11) is 0. The molecule has 0 aromatic carbocycles. The standard InChI is InChI=1S/C9H16N4O2S/c1-3-4-6(2)8-11-12-9(13(8)10)16-5-7(14)15/h6H,3-5,10H2,1-2H3,(H,14,15). The minimum atomic E-state index is -0.892. The number of nitrogens with two attached hydrogens (primary N) is 1. The molecule has 0 spiro atoms. The summed E-state index contributed by atoms with van der Waals surface area (Å²) in [6.07, 6.45) is 2.03. The van der Waals surface area contributed by atoms with Gasteiger partial charge in [0.25, 0.3) is 0 Å². The molecular formula is C9H16N4O2S. The number of nitrogen functional groups attached to an aromatic ring is 1. The summed E-state index contributed by atoms with van der Waals surface area (Å²) < 4.78 is 1.38. The monoisotopic (exact) mass is 244 g/mol. The number of carboxylic acids is 1. The number of carbonyl (C=O) groups is 1. The molecule has 90 valence electrons. The van der Waals surface area contributed by atoms with Crippen LogP contribution in [0.1, 0.15) is 38.4 Å². The Bertz CT molecular complexity index is 366. The van der Waals surface area contributed by atoms with Crippen molar-refractivity contribution >= 4 is 17.7 Å². The highest BCUT2D eigenvalue weighted by atomic mass is 32.2. The number of aromatic nitrogens is 3. The molecule has 1 heterocycles. The largest absolute Gasteiger partial charge is 0.481 e. The Morgan fingerprint density at radius 1 is 1.62 bits per heavy atom. The maximum atomic E-state index is 10.4. The molecule has 0 fully saturated rings. The molecular weight excluding hydrogens is 228 g/mol. The fourth-order valence-corrected chi connectivity index (χ4v) is 1.99. The first-order chi connectivity index (χ1) is 7.56. The van der Waals surface area contributed by atoms with Crippen LogP contribution in [-0.4, -0.2) is 31.7 Å². The summed E-state index contributed by atoms with van der Waals surface area (Å²) in [4.78, 5) is 10.4. The zero-order valence-electron chi connectivity index (χ0n) is 9.38. The molecule has 0 aliphatic rings.